The molecule has 1 N–H and O–H groups in total. The zero-order chi connectivity index (χ0) is 13.4. The smallest absolute Gasteiger partial charge is 0.0640 e. The Bertz CT molecular complexity index is 413. The zero-order valence-electron chi connectivity index (χ0n) is 12.5. The first-order chi connectivity index (χ1) is 9.17. The highest BCUT2D eigenvalue weighted by molar-refractivity contribution is 5.06. The normalized spacial score (nSPS) is 30.6. The fourth-order valence-corrected chi connectivity index (χ4v) is 3.76. The number of likely N-dealkylation sites (N-methyl/N-ethyl adjacent to an activating group) is 1. The van der Waals surface area contributed by atoms with Crippen molar-refractivity contribution < 1.29 is 0 Å². The van der Waals surface area contributed by atoms with Crippen molar-refractivity contribution in [2.24, 2.45) is 17.8 Å². The van der Waals surface area contributed by atoms with E-state index in [9.17, 15) is 0 Å². The lowest BCUT2D eigenvalue weighted by Crippen LogP contribution is -2.37. The van der Waals surface area contributed by atoms with Crippen LogP contribution in [0.1, 0.15) is 51.8 Å². The van der Waals surface area contributed by atoms with Crippen LogP contribution in [0.3, 0.4) is 0 Å². The van der Waals surface area contributed by atoms with Gasteiger partial charge in [0.1, 0.15) is 0 Å². The third-order valence-electron chi connectivity index (χ3n) is 4.94. The molecule has 0 aliphatic heterocycles. The van der Waals surface area contributed by atoms with Crippen LogP contribution in [-0.4, -0.2) is 22.4 Å². The first kappa shape index (κ1) is 13.2. The topological polar surface area (TPSA) is 29.9 Å². The van der Waals surface area contributed by atoms with Gasteiger partial charge in [0.25, 0.3) is 0 Å². The number of hydrogen-bond acceptors (Lipinski definition) is 2. The lowest BCUT2D eigenvalue weighted by Gasteiger charge is -2.25. The Balaban J connectivity index is 1.63. The number of rotatable bonds is 6. The number of fused-ring (bicyclic) bond motifs is 1. The van der Waals surface area contributed by atoms with Crippen molar-refractivity contribution in [1.82, 2.24) is 15.1 Å². The van der Waals surface area contributed by atoms with Crippen molar-refractivity contribution in [3.63, 3.8) is 0 Å². The quantitative estimate of drug-likeness (QED) is 0.853. The molecular weight excluding hydrogens is 234 g/mol. The first-order valence-corrected chi connectivity index (χ1v) is 7.94. The van der Waals surface area contributed by atoms with Crippen LogP contribution >= 0.6 is 0 Å². The molecule has 0 amide bonds. The van der Waals surface area contributed by atoms with E-state index >= 15 is 0 Å². The van der Waals surface area contributed by atoms with E-state index in [2.05, 4.69) is 43.0 Å². The van der Waals surface area contributed by atoms with Crippen LogP contribution in [0.15, 0.2) is 12.3 Å². The minimum atomic E-state index is 0.463. The van der Waals surface area contributed by atoms with E-state index in [1.165, 1.54) is 25.0 Å². The Morgan fingerprint density at radius 1 is 1.32 bits per heavy atom. The number of aromatic nitrogens is 2. The van der Waals surface area contributed by atoms with E-state index < -0.39 is 0 Å². The molecule has 2 fully saturated rings. The molecule has 1 heterocycles. The fraction of sp³-hybridized carbons (Fsp3) is 0.812. The highest BCUT2D eigenvalue weighted by Gasteiger charge is 2.47. The fourth-order valence-electron chi connectivity index (χ4n) is 3.76. The Hall–Kier alpha value is -0.830. The zero-order valence-corrected chi connectivity index (χ0v) is 12.5. The van der Waals surface area contributed by atoms with Crippen molar-refractivity contribution in [2.75, 3.05) is 6.54 Å². The van der Waals surface area contributed by atoms with E-state index in [1.54, 1.807) is 0 Å². The van der Waals surface area contributed by atoms with Crippen LogP contribution in [-0.2, 0) is 6.42 Å². The van der Waals surface area contributed by atoms with Gasteiger partial charge in [0.2, 0.25) is 0 Å². The summed E-state index contributed by atoms with van der Waals surface area (Å²) in [4.78, 5) is 0. The second kappa shape index (κ2) is 5.28. The van der Waals surface area contributed by atoms with E-state index in [4.69, 9.17) is 5.10 Å². The van der Waals surface area contributed by atoms with Crippen LogP contribution in [0, 0.1) is 17.8 Å². The van der Waals surface area contributed by atoms with Crippen molar-refractivity contribution in [3.05, 3.63) is 18.0 Å². The molecule has 3 atom stereocenters. The molecule has 0 saturated heterocycles. The summed E-state index contributed by atoms with van der Waals surface area (Å²) in [5, 5.41) is 8.41. The molecule has 1 aromatic rings. The van der Waals surface area contributed by atoms with Gasteiger partial charge in [-0.3, -0.25) is 4.68 Å². The van der Waals surface area contributed by atoms with Gasteiger partial charge in [-0.05, 0) is 63.5 Å². The van der Waals surface area contributed by atoms with Crippen LogP contribution < -0.4 is 5.32 Å². The van der Waals surface area contributed by atoms with E-state index in [0.29, 0.717) is 12.1 Å². The molecule has 1 aromatic heterocycles. The van der Waals surface area contributed by atoms with Crippen molar-refractivity contribution in [3.8, 4) is 0 Å². The van der Waals surface area contributed by atoms with E-state index in [1.807, 2.05) is 0 Å². The molecular formula is C16H27N3. The van der Waals surface area contributed by atoms with Gasteiger partial charge in [-0.1, -0.05) is 6.92 Å². The third-order valence-corrected chi connectivity index (χ3v) is 4.94. The monoisotopic (exact) mass is 261 g/mol. The first-order valence-electron chi connectivity index (χ1n) is 7.94. The molecule has 2 aliphatic carbocycles. The van der Waals surface area contributed by atoms with Crippen LogP contribution in [0.4, 0.5) is 0 Å². The molecule has 0 radical (unpaired) electrons. The molecule has 3 rings (SSSR count). The summed E-state index contributed by atoms with van der Waals surface area (Å²) in [7, 11) is 0. The molecule has 2 aliphatic rings. The SMILES string of the molecule is CCNC(Cc1ccn(C(C)C)n1)C1CC2CC2C1. The Kier molecular flexibility index (Phi) is 3.66. The standard InChI is InChI=1S/C16H27N3/c1-4-17-16(14-8-12-7-13(12)9-14)10-15-5-6-19(18-15)11(2)3/h5-6,11-14,16-17H,4,7-10H2,1-3H3. The number of nitrogens with one attached hydrogen (secondary N) is 1. The van der Waals surface area contributed by atoms with Gasteiger partial charge < -0.3 is 5.32 Å². The van der Waals surface area contributed by atoms with E-state index in [0.717, 1.165) is 30.7 Å². The summed E-state index contributed by atoms with van der Waals surface area (Å²) < 4.78 is 2.07. The molecule has 19 heavy (non-hydrogen) atoms. The van der Waals surface area contributed by atoms with Crippen molar-refractivity contribution >= 4 is 0 Å². The van der Waals surface area contributed by atoms with Crippen LogP contribution in [0.2, 0.25) is 0 Å². The van der Waals surface area contributed by atoms with Gasteiger partial charge in [-0.25, -0.2) is 0 Å². The van der Waals surface area contributed by atoms with Gasteiger partial charge in [0, 0.05) is 24.7 Å². The van der Waals surface area contributed by atoms with Gasteiger partial charge >= 0.3 is 0 Å². The van der Waals surface area contributed by atoms with E-state index in [-0.39, 0.29) is 0 Å². The molecule has 0 spiro atoms. The van der Waals surface area contributed by atoms with Gasteiger partial charge in [-0.15, -0.1) is 0 Å². The summed E-state index contributed by atoms with van der Waals surface area (Å²) in [6.45, 7) is 7.66. The Morgan fingerprint density at radius 3 is 2.63 bits per heavy atom. The lowest BCUT2D eigenvalue weighted by molar-refractivity contribution is 0.334. The lowest BCUT2D eigenvalue weighted by atomic mass is 9.91. The average Bonchev–Trinajstić information content (AvgIpc) is 2.80. The summed E-state index contributed by atoms with van der Waals surface area (Å²) in [6, 6.07) is 3.29. The maximum Gasteiger partial charge on any atom is 0.0640 e. The second-order valence-electron chi connectivity index (χ2n) is 6.74. The number of hydrogen-bond donors (Lipinski definition) is 1. The highest BCUT2D eigenvalue weighted by atomic mass is 15.3. The van der Waals surface area contributed by atoms with Crippen LogP contribution in [0.5, 0.6) is 0 Å². The Morgan fingerprint density at radius 2 is 2.05 bits per heavy atom. The molecule has 106 valence electrons. The molecule has 0 aromatic carbocycles. The molecule has 2 saturated carbocycles. The predicted molar refractivity (Wildman–Crippen MR) is 78.1 cm³/mol. The van der Waals surface area contributed by atoms with Crippen molar-refractivity contribution in [1.29, 1.82) is 0 Å². The molecule has 3 heteroatoms. The van der Waals surface area contributed by atoms with Gasteiger partial charge in [-0.2, -0.15) is 5.10 Å². The number of nitrogens with zero attached hydrogens (tertiary/aromatic N) is 2. The molecule has 3 unspecified atom stereocenters. The van der Waals surface area contributed by atoms with Gasteiger partial charge in [0.05, 0.1) is 5.69 Å². The maximum atomic E-state index is 4.71. The largest absolute Gasteiger partial charge is 0.314 e. The highest BCUT2D eigenvalue weighted by Crippen LogP contribution is 2.55. The minimum Gasteiger partial charge on any atom is -0.314 e. The maximum absolute atomic E-state index is 4.71. The summed E-state index contributed by atoms with van der Waals surface area (Å²) in [5.41, 5.74) is 1.25. The Labute approximate surface area is 116 Å². The summed E-state index contributed by atoms with van der Waals surface area (Å²) >= 11 is 0. The second-order valence-corrected chi connectivity index (χ2v) is 6.74. The third kappa shape index (κ3) is 2.86. The minimum absolute atomic E-state index is 0.463. The molecule has 0 bridgehead atoms. The predicted octanol–water partition coefficient (Wildman–Crippen LogP) is 3.03. The van der Waals surface area contributed by atoms with Crippen LogP contribution in [0.25, 0.3) is 0 Å². The van der Waals surface area contributed by atoms with Gasteiger partial charge in [0.15, 0.2) is 0 Å². The summed E-state index contributed by atoms with van der Waals surface area (Å²) in [6.07, 6.45) is 7.63. The van der Waals surface area contributed by atoms with Crippen molar-refractivity contribution in [2.45, 2.75) is 58.5 Å². The molecule has 3 nitrogen and oxygen atoms in total. The average molecular weight is 261 g/mol. The summed E-state index contributed by atoms with van der Waals surface area (Å²) in [5.74, 6) is 3.02.